The molecule has 0 N–H and O–H groups in total. The maximum absolute atomic E-state index is 11.7. The first-order valence-corrected chi connectivity index (χ1v) is 5.79. The molecule has 0 saturated carbocycles. The normalized spacial score (nSPS) is 25.2. The Labute approximate surface area is 78.7 Å². The summed E-state index contributed by atoms with van der Waals surface area (Å²) in [4.78, 5) is 13.7. The van der Waals surface area contributed by atoms with E-state index in [1.165, 1.54) is 0 Å². The fourth-order valence-electron chi connectivity index (χ4n) is 1.60. The molecule has 1 unspecified atom stereocenters. The lowest BCUT2D eigenvalue weighted by atomic mass is 10.1. The molecule has 0 radical (unpaired) electrons. The number of nitrogens with zero attached hydrogens (tertiary/aromatic N) is 1. The van der Waals surface area contributed by atoms with Crippen molar-refractivity contribution in [2.45, 2.75) is 38.0 Å². The van der Waals surface area contributed by atoms with Gasteiger partial charge in [0.25, 0.3) is 0 Å². The van der Waals surface area contributed by atoms with Gasteiger partial charge in [-0.05, 0) is 32.9 Å². The van der Waals surface area contributed by atoms with Gasteiger partial charge in [0.15, 0.2) is 0 Å². The van der Waals surface area contributed by atoms with Crippen molar-refractivity contribution in [3.05, 3.63) is 0 Å². The minimum absolute atomic E-state index is 0.223. The number of carbonyl (C=O) groups excluding carboxylic acids is 1. The van der Waals surface area contributed by atoms with E-state index in [1.54, 1.807) is 11.8 Å². The van der Waals surface area contributed by atoms with Crippen LogP contribution in [0.25, 0.3) is 0 Å². The molecule has 1 saturated heterocycles. The molecule has 1 heterocycles. The topological polar surface area (TPSA) is 20.3 Å². The Balaban J connectivity index is 2.59. The molecule has 0 spiro atoms. The van der Waals surface area contributed by atoms with Crippen LogP contribution >= 0.6 is 11.8 Å². The van der Waals surface area contributed by atoms with Crippen LogP contribution in [0.4, 0.5) is 0 Å². The van der Waals surface area contributed by atoms with Gasteiger partial charge in [-0.2, -0.15) is 11.8 Å². The molecule has 0 aromatic heterocycles. The molecule has 1 fully saturated rings. The van der Waals surface area contributed by atoms with E-state index < -0.39 is 0 Å². The van der Waals surface area contributed by atoms with Gasteiger partial charge >= 0.3 is 0 Å². The third-order valence-corrected chi connectivity index (χ3v) is 3.34. The van der Waals surface area contributed by atoms with Crippen molar-refractivity contribution in [3.8, 4) is 0 Å². The van der Waals surface area contributed by atoms with Crippen molar-refractivity contribution < 1.29 is 4.79 Å². The number of hydrogen-bond acceptors (Lipinski definition) is 2. The second-order valence-corrected chi connectivity index (χ2v) is 4.53. The summed E-state index contributed by atoms with van der Waals surface area (Å²) < 4.78 is 0. The summed E-state index contributed by atoms with van der Waals surface area (Å²) in [7, 11) is 0. The Morgan fingerprint density at radius 3 is 2.75 bits per heavy atom. The molecular formula is C9H17NOS. The highest BCUT2D eigenvalue weighted by Crippen LogP contribution is 2.22. The first kappa shape index (κ1) is 9.90. The molecular weight excluding hydrogens is 170 g/mol. The van der Waals surface area contributed by atoms with Crippen LogP contribution in [-0.2, 0) is 4.79 Å². The lowest BCUT2D eigenvalue weighted by Gasteiger charge is -2.34. The van der Waals surface area contributed by atoms with Crippen LogP contribution in [-0.4, -0.2) is 34.9 Å². The zero-order chi connectivity index (χ0) is 9.14. The van der Waals surface area contributed by atoms with Gasteiger partial charge in [0.2, 0.25) is 5.91 Å². The summed E-state index contributed by atoms with van der Waals surface area (Å²) in [5, 5.41) is 0.223. The van der Waals surface area contributed by atoms with Crippen molar-refractivity contribution in [2.75, 3.05) is 12.8 Å². The van der Waals surface area contributed by atoms with Crippen molar-refractivity contribution in [3.63, 3.8) is 0 Å². The van der Waals surface area contributed by atoms with Gasteiger partial charge in [0, 0.05) is 12.6 Å². The van der Waals surface area contributed by atoms with Crippen LogP contribution in [0.2, 0.25) is 0 Å². The van der Waals surface area contributed by atoms with Gasteiger partial charge in [0.1, 0.15) is 0 Å². The van der Waals surface area contributed by atoms with Crippen LogP contribution in [0.15, 0.2) is 0 Å². The van der Waals surface area contributed by atoms with Crippen LogP contribution in [0.1, 0.15) is 26.7 Å². The van der Waals surface area contributed by atoms with Crippen molar-refractivity contribution >= 4 is 17.7 Å². The molecule has 70 valence electrons. The summed E-state index contributed by atoms with van der Waals surface area (Å²) in [6, 6.07) is 0.368. The standard InChI is InChI=1S/C9H17NOS/c1-7(2)10-6-4-5-8(12-3)9(10)11/h7-8H,4-6H2,1-3H3. The van der Waals surface area contributed by atoms with E-state index in [1.807, 2.05) is 11.2 Å². The maximum Gasteiger partial charge on any atom is 0.235 e. The second-order valence-electron chi connectivity index (χ2n) is 3.49. The quantitative estimate of drug-likeness (QED) is 0.656. The van der Waals surface area contributed by atoms with E-state index in [9.17, 15) is 4.79 Å². The fourth-order valence-corrected chi connectivity index (χ4v) is 2.34. The van der Waals surface area contributed by atoms with Gasteiger partial charge in [0.05, 0.1) is 5.25 Å². The lowest BCUT2D eigenvalue weighted by Crippen LogP contribution is -2.46. The van der Waals surface area contributed by atoms with Crippen molar-refractivity contribution in [1.82, 2.24) is 4.90 Å². The molecule has 1 aliphatic rings. The molecule has 1 rings (SSSR count). The SMILES string of the molecule is CSC1CCCN(C(C)C)C1=O. The summed E-state index contributed by atoms with van der Waals surface area (Å²) in [6.45, 7) is 5.12. The molecule has 12 heavy (non-hydrogen) atoms. The lowest BCUT2D eigenvalue weighted by molar-refractivity contribution is -0.134. The Kier molecular flexibility index (Phi) is 3.44. The molecule has 0 aromatic rings. The molecule has 0 aromatic carbocycles. The Bertz CT molecular complexity index is 170. The minimum Gasteiger partial charge on any atom is -0.339 e. The number of thioether (sulfide) groups is 1. The number of amides is 1. The van der Waals surface area contributed by atoms with Gasteiger partial charge < -0.3 is 4.90 Å². The summed E-state index contributed by atoms with van der Waals surface area (Å²) >= 11 is 1.68. The van der Waals surface area contributed by atoms with Crippen LogP contribution in [0.5, 0.6) is 0 Å². The number of piperidine rings is 1. The number of carbonyl (C=O) groups is 1. The Morgan fingerprint density at radius 2 is 2.25 bits per heavy atom. The molecule has 2 nitrogen and oxygen atoms in total. The Hall–Kier alpha value is -0.180. The zero-order valence-electron chi connectivity index (χ0n) is 8.04. The van der Waals surface area contributed by atoms with Gasteiger partial charge in [-0.15, -0.1) is 0 Å². The average molecular weight is 187 g/mol. The van der Waals surface area contributed by atoms with E-state index in [0.717, 1.165) is 19.4 Å². The summed E-state index contributed by atoms with van der Waals surface area (Å²) in [5.74, 6) is 0.337. The third-order valence-electron chi connectivity index (χ3n) is 2.33. The number of likely N-dealkylation sites (tertiary alicyclic amines) is 1. The third kappa shape index (κ3) is 1.94. The van der Waals surface area contributed by atoms with E-state index in [2.05, 4.69) is 13.8 Å². The molecule has 1 aliphatic heterocycles. The highest BCUT2D eigenvalue weighted by molar-refractivity contribution is 7.99. The highest BCUT2D eigenvalue weighted by Gasteiger charge is 2.28. The Morgan fingerprint density at radius 1 is 1.58 bits per heavy atom. The van der Waals surface area contributed by atoms with Crippen LogP contribution < -0.4 is 0 Å². The summed E-state index contributed by atoms with van der Waals surface area (Å²) in [6.07, 6.45) is 4.24. The van der Waals surface area contributed by atoms with Gasteiger partial charge in [-0.25, -0.2) is 0 Å². The molecule has 1 atom stereocenters. The van der Waals surface area contributed by atoms with Crippen molar-refractivity contribution in [2.24, 2.45) is 0 Å². The predicted octanol–water partition coefficient (Wildman–Crippen LogP) is 1.75. The average Bonchev–Trinajstić information content (AvgIpc) is 2.04. The van der Waals surface area contributed by atoms with E-state index >= 15 is 0 Å². The van der Waals surface area contributed by atoms with Crippen molar-refractivity contribution in [1.29, 1.82) is 0 Å². The first-order valence-electron chi connectivity index (χ1n) is 4.50. The van der Waals surface area contributed by atoms with Crippen LogP contribution in [0, 0.1) is 0 Å². The number of hydrogen-bond donors (Lipinski definition) is 0. The zero-order valence-corrected chi connectivity index (χ0v) is 8.86. The van der Waals surface area contributed by atoms with Crippen LogP contribution in [0.3, 0.4) is 0 Å². The van der Waals surface area contributed by atoms with E-state index in [-0.39, 0.29) is 5.25 Å². The predicted molar refractivity (Wildman–Crippen MR) is 53.4 cm³/mol. The second kappa shape index (κ2) is 4.17. The monoisotopic (exact) mass is 187 g/mol. The van der Waals surface area contributed by atoms with Gasteiger partial charge in [-0.3, -0.25) is 4.79 Å². The van der Waals surface area contributed by atoms with E-state index in [4.69, 9.17) is 0 Å². The maximum atomic E-state index is 11.7. The van der Waals surface area contributed by atoms with Gasteiger partial charge in [-0.1, -0.05) is 0 Å². The smallest absolute Gasteiger partial charge is 0.235 e. The minimum atomic E-state index is 0.223. The number of rotatable bonds is 2. The first-order chi connectivity index (χ1) is 5.66. The fraction of sp³-hybridized carbons (Fsp3) is 0.889. The highest BCUT2D eigenvalue weighted by atomic mass is 32.2. The molecule has 0 bridgehead atoms. The molecule has 3 heteroatoms. The molecule has 1 amide bonds. The van der Waals surface area contributed by atoms with E-state index in [0.29, 0.717) is 11.9 Å². The summed E-state index contributed by atoms with van der Waals surface area (Å²) in [5.41, 5.74) is 0. The largest absolute Gasteiger partial charge is 0.339 e. The molecule has 0 aliphatic carbocycles.